The van der Waals surface area contributed by atoms with Crippen LogP contribution >= 0.6 is 0 Å². The van der Waals surface area contributed by atoms with Gasteiger partial charge in [0.25, 0.3) is 0 Å². The van der Waals surface area contributed by atoms with E-state index in [1.807, 2.05) is 12.1 Å². The number of hydrogen-bond donors (Lipinski definition) is 1. The van der Waals surface area contributed by atoms with E-state index in [-0.39, 0.29) is 0 Å². The lowest BCUT2D eigenvalue weighted by atomic mass is 10.1. The molecule has 18 heavy (non-hydrogen) atoms. The number of ether oxygens (including phenoxy) is 1. The Labute approximate surface area is 109 Å². The molecule has 0 saturated heterocycles. The molecule has 2 aromatic rings. The van der Waals surface area contributed by atoms with Crippen LogP contribution in [0.15, 0.2) is 36.4 Å². The maximum absolute atomic E-state index is 5.22. The molecule has 0 aliphatic carbocycles. The summed E-state index contributed by atoms with van der Waals surface area (Å²) in [5.41, 5.74) is 6.03. The van der Waals surface area contributed by atoms with Crippen molar-refractivity contribution in [3.63, 3.8) is 0 Å². The van der Waals surface area contributed by atoms with E-state index in [0.717, 1.165) is 17.1 Å². The van der Waals surface area contributed by atoms with Gasteiger partial charge in [-0.15, -0.1) is 0 Å². The molecule has 2 rings (SSSR count). The maximum Gasteiger partial charge on any atom is 0.119 e. The smallest absolute Gasteiger partial charge is 0.119 e. The van der Waals surface area contributed by atoms with Crippen LogP contribution in [0.25, 0.3) is 0 Å². The third-order valence-electron chi connectivity index (χ3n) is 3.31. The maximum atomic E-state index is 5.22. The summed E-state index contributed by atoms with van der Waals surface area (Å²) in [6.07, 6.45) is 0. The lowest BCUT2D eigenvalue weighted by Crippen LogP contribution is -1.97. The number of hydrogen-bond acceptors (Lipinski definition) is 2. The average Bonchev–Trinajstić information content (AvgIpc) is 2.37. The molecule has 94 valence electrons. The standard InChI is InChI=1S/C16H19NO/c1-11-6-5-7-16(13(11)3)17-15-9-8-14(18-4)10-12(15)2/h5-10,17H,1-4H3. The van der Waals surface area contributed by atoms with E-state index in [0.29, 0.717) is 0 Å². The second kappa shape index (κ2) is 5.13. The summed E-state index contributed by atoms with van der Waals surface area (Å²) < 4.78 is 5.22. The van der Waals surface area contributed by atoms with Crippen LogP contribution < -0.4 is 10.1 Å². The van der Waals surface area contributed by atoms with E-state index in [1.165, 1.54) is 16.7 Å². The molecule has 0 atom stereocenters. The quantitative estimate of drug-likeness (QED) is 0.861. The molecule has 2 nitrogen and oxygen atoms in total. The Morgan fingerprint density at radius 3 is 2.33 bits per heavy atom. The Hall–Kier alpha value is -1.96. The summed E-state index contributed by atoms with van der Waals surface area (Å²) in [4.78, 5) is 0. The van der Waals surface area contributed by atoms with Crippen molar-refractivity contribution in [1.82, 2.24) is 0 Å². The largest absolute Gasteiger partial charge is 0.497 e. The van der Waals surface area contributed by atoms with Crippen molar-refractivity contribution in [3.05, 3.63) is 53.1 Å². The molecule has 0 saturated carbocycles. The summed E-state index contributed by atoms with van der Waals surface area (Å²) in [6.45, 7) is 6.34. The Balaban J connectivity index is 2.31. The van der Waals surface area contributed by atoms with Gasteiger partial charge in [-0.3, -0.25) is 0 Å². The van der Waals surface area contributed by atoms with E-state index in [2.05, 4.69) is 50.4 Å². The first-order chi connectivity index (χ1) is 8.61. The first kappa shape index (κ1) is 12.5. The predicted octanol–water partition coefficient (Wildman–Crippen LogP) is 4.36. The third-order valence-corrected chi connectivity index (χ3v) is 3.31. The Kier molecular flexibility index (Phi) is 3.56. The molecule has 0 spiro atoms. The molecule has 0 aliphatic rings. The molecule has 0 fully saturated rings. The lowest BCUT2D eigenvalue weighted by molar-refractivity contribution is 0.414. The number of anilines is 2. The zero-order valence-corrected chi connectivity index (χ0v) is 11.4. The van der Waals surface area contributed by atoms with Crippen LogP contribution in [0.3, 0.4) is 0 Å². The third kappa shape index (κ3) is 2.48. The van der Waals surface area contributed by atoms with Crippen molar-refractivity contribution >= 4 is 11.4 Å². The molecule has 2 aromatic carbocycles. The summed E-state index contributed by atoms with van der Waals surface area (Å²) in [7, 11) is 1.69. The van der Waals surface area contributed by atoms with Gasteiger partial charge >= 0.3 is 0 Å². The highest BCUT2D eigenvalue weighted by Crippen LogP contribution is 2.27. The minimum Gasteiger partial charge on any atom is -0.497 e. The number of benzene rings is 2. The molecule has 2 heteroatoms. The van der Waals surface area contributed by atoms with Crippen molar-refractivity contribution in [3.8, 4) is 5.75 Å². The molecule has 0 heterocycles. The molecule has 0 unspecified atom stereocenters. The second-order valence-electron chi connectivity index (χ2n) is 4.55. The monoisotopic (exact) mass is 241 g/mol. The Morgan fingerprint density at radius 1 is 0.889 bits per heavy atom. The summed E-state index contributed by atoms with van der Waals surface area (Å²) in [5, 5.41) is 3.48. The molecule has 0 bridgehead atoms. The van der Waals surface area contributed by atoms with Gasteiger partial charge in [0.15, 0.2) is 0 Å². The van der Waals surface area contributed by atoms with Gasteiger partial charge in [-0.2, -0.15) is 0 Å². The van der Waals surface area contributed by atoms with Crippen molar-refractivity contribution in [2.45, 2.75) is 20.8 Å². The summed E-state index contributed by atoms with van der Waals surface area (Å²) >= 11 is 0. The highest BCUT2D eigenvalue weighted by molar-refractivity contribution is 5.67. The van der Waals surface area contributed by atoms with Gasteiger partial charge in [0.2, 0.25) is 0 Å². The minimum atomic E-state index is 0.888. The van der Waals surface area contributed by atoms with Gasteiger partial charge in [-0.1, -0.05) is 12.1 Å². The van der Waals surface area contributed by atoms with Crippen LogP contribution in [-0.4, -0.2) is 7.11 Å². The molecule has 0 aromatic heterocycles. The molecule has 1 N–H and O–H groups in total. The van der Waals surface area contributed by atoms with E-state index in [1.54, 1.807) is 7.11 Å². The van der Waals surface area contributed by atoms with Crippen LogP contribution in [0.1, 0.15) is 16.7 Å². The number of rotatable bonds is 3. The van der Waals surface area contributed by atoms with Gasteiger partial charge in [-0.05, 0) is 61.7 Å². The van der Waals surface area contributed by atoms with Gasteiger partial charge in [0.1, 0.15) is 5.75 Å². The highest BCUT2D eigenvalue weighted by atomic mass is 16.5. The Bertz CT molecular complexity index is 561. The number of aryl methyl sites for hydroxylation is 2. The molecule has 0 radical (unpaired) electrons. The summed E-state index contributed by atoms with van der Waals surface area (Å²) in [6, 6.07) is 12.4. The van der Waals surface area contributed by atoms with Gasteiger partial charge < -0.3 is 10.1 Å². The van der Waals surface area contributed by atoms with Crippen LogP contribution in [0.2, 0.25) is 0 Å². The summed E-state index contributed by atoms with van der Waals surface area (Å²) in [5.74, 6) is 0.888. The minimum absolute atomic E-state index is 0.888. The van der Waals surface area contributed by atoms with E-state index >= 15 is 0 Å². The van der Waals surface area contributed by atoms with E-state index < -0.39 is 0 Å². The molecular formula is C16H19NO. The lowest BCUT2D eigenvalue weighted by Gasteiger charge is -2.14. The first-order valence-corrected chi connectivity index (χ1v) is 6.09. The fourth-order valence-corrected chi connectivity index (χ4v) is 1.93. The molecular weight excluding hydrogens is 222 g/mol. The van der Waals surface area contributed by atoms with Crippen LogP contribution in [0, 0.1) is 20.8 Å². The number of nitrogens with one attached hydrogen (secondary N) is 1. The van der Waals surface area contributed by atoms with Gasteiger partial charge in [0.05, 0.1) is 7.11 Å². The van der Waals surface area contributed by atoms with Crippen molar-refractivity contribution in [2.75, 3.05) is 12.4 Å². The van der Waals surface area contributed by atoms with Crippen molar-refractivity contribution < 1.29 is 4.74 Å². The van der Waals surface area contributed by atoms with E-state index in [9.17, 15) is 0 Å². The zero-order chi connectivity index (χ0) is 13.1. The van der Waals surface area contributed by atoms with Gasteiger partial charge in [0, 0.05) is 11.4 Å². The highest BCUT2D eigenvalue weighted by Gasteiger charge is 2.04. The normalized spacial score (nSPS) is 10.2. The van der Waals surface area contributed by atoms with Crippen LogP contribution in [-0.2, 0) is 0 Å². The van der Waals surface area contributed by atoms with Gasteiger partial charge in [-0.25, -0.2) is 0 Å². The topological polar surface area (TPSA) is 21.3 Å². The fourth-order valence-electron chi connectivity index (χ4n) is 1.93. The fraction of sp³-hybridized carbons (Fsp3) is 0.250. The van der Waals surface area contributed by atoms with E-state index in [4.69, 9.17) is 4.74 Å². The Morgan fingerprint density at radius 2 is 1.67 bits per heavy atom. The predicted molar refractivity (Wildman–Crippen MR) is 76.9 cm³/mol. The average molecular weight is 241 g/mol. The molecule has 0 amide bonds. The second-order valence-corrected chi connectivity index (χ2v) is 4.55. The van der Waals surface area contributed by atoms with Crippen LogP contribution in [0.5, 0.6) is 5.75 Å². The SMILES string of the molecule is COc1ccc(Nc2cccc(C)c2C)c(C)c1. The van der Waals surface area contributed by atoms with Crippen molar-refractivity contribution in [2.24, 2.45) is 0 Å². The number of methoxy groups -OCH3 is 1. The van der Waals surface area contributed by atoms with Crippen LogP contribution in [0.4, 0.5) is 11.4 Å². The molecule has 0 aliphatic heterocycles. The van der Waals surface area contributed by atoms with Crippen molar-refractivity contribution in [1.29, 1.82) is 0 Å². The first-order valence-electron chi connectivity index (χ1n) is 6.09. The zero-order valence-electron chi connectivity index (χ0n) is 11.4.